The fraction of sp³-hybridized carbons (Fsp3) is 1.00. The molecule has 82 valence electrons. The Bertz CT molecular complexity index is 221. The molecule has 0 aliphatic heterocycles. The van der Waals surface area contributed by atoms with E-state index in [0.717, 1.165) is 17.4 Å². The predicted molar refractivity (Wildman–Crippen MR) is 54.9 cm³/mol. The Morgan fingerprint density at radius 1 is 1.38 bits per heavy atom. The summed E-state index contributed by atoms with van der Waals surface area (Å²) in [4.78, 5) is 0. The third-order valence-electron chi connectivity index (χ3n) is 1.27. The average Bonchev–Trinajstić information content (AvgIpc) is 1.76. The molecule has 6 heteroatoms. The van der Waals surface area contributed by atoms with Gasteiger partial charge in [-0.2, -0.15) is 0 Å². The average molecular weight is 292 g/mol. The van der Waals surface area contributed by atoms with Gasteiger partial charge in [-0.05, 0) is 0 Å². The standard InChI is InChI=1S/C7H18NO2S2.BrH/c1-8(2,3)6-5-7-10-12(4,9)11;/h5-7H2,1-4H3;1H/q+1;/p-1. The minimum atomic E-state index is -2.42. The number of quaternary nitrogens is 1. The highest BCUT2D eigenvalue weighted by molar-refractivity contribution is 8.29. The van der Waals surface area contributed by atoms with Crippen LogP contribution >= 0.6 is 0 Å². The lowest BCUT2D eigenvalue weighted by molar-refractivity contribution is -0.870. The van der Waals surface area contributed by atoms with Crippen LogP contribution in [0.5, 0.6) is 0 Å². The Hall–Kier alpha value is 0.770. The van der Waals surface area contributed by atoms with Gasteiger partial charge in [0.1, 0.15) is 8.77 Å². The second-order valence-corrected chi connectivity index (χ2v) is 7.35. The molecule has 0 N–H and O–H groups in total. The molecule has 3 nitrogen and oxygen atoms in total. The van der Waals surface area contributed by atoms with Gasteiger partial charge in [0, 0.05) is 23.9 Å². The van der Waals surface area contributed by atoms with Crippen LogP contribution in [0.2, 0.25) is 0 Å². The highest BCUT2D eigenvalue weighted by Gasteiger charge is 2.06. The second kappa shape index (κ2) is 6.29. The fourth-order valence-corrected chi connectivity index (χ4v) is 1.37. The Labute approximate surface area is 96.7 Å². The number of halogens is 1. The zero-order valence-electron chi connectivity index (χ0n) is 8.58. The van der Waals surface area contributed by atoms with Crippen molar-refractivity contribution >= 4 is 20.0 Å². The Balaban J connectivity index is 0. The van der Waals surface area contributed by atoms with E-state index >= 15 is 0 Å². The number of hydrogen-bond donors (Lipinski definition) is 0. The fourth-order valence-electron chi connectivity index (χ4n) is 0.749. The Morgan fingerprint density at radius 2 is 1.85 bits per heavy atom. The molecule has 0 aliphatic carbocycles. The van der Waals surface area contributed by atoms with Crippen molar-refractivity contribution in [3.63, 3.8) is 0 Å². The summed E-state index contributed by atoms with van der Waals surface area (Å²) in [6.45, 7) is 1.50. The van der Waals surface area contributed by atoms with Gasteiger partial charge in [-0.3, -0.25) is 4.18 Å². The van der Waals surface area contributed by atoms with Gasteiger partial charge in [0.15, 0.2) is 0 Å². The van der Waals surface area contributed by atoms with Crippen LogP contribution in [0.25, 0.3) is 0 Å². The SMILES string of the molecule is C[N+](C)(C)CCCOS(C)(=O)=S.[Br-]. The first kappa shape index (κ1) is 16.2. The van der Waals surface area contributed by atoms with Crippen LogP contribution in [0.1, 0.15) is 6.42 Å². The van der Waals surface area contributed by atoms with Crippen molar-refractivity contribution in [2.24, 2.45) is 0 Å². The third kappa shape index (κ3) is 15.5. The molecule has 0 saturated heterocycles. The molecule has 0 aromatic rings. The van der Waals surface area contributed by atoms with E-state index < -0.39 is 8.77 Å². The van der Waals surface area contributed by atoms with E-state index in [-0.39, 0.29) is 17.0 Å². The van der Waals surface area contributed by atoms with Crippen molar-refractivity contribution in [3.8, 4) is 0 Å². The van der Waals surface area contributed by atoms with Crippen LogP contribution in [0.3, 0.4) is 0 Å². The van der Waals surface area contributed by atoms with Crippen molar-refractivity contribution < 1.29 is 29.9 Å². The molecule has 0 fully saturated rings. The van der Waals surface area contributed by atoms with Crippen LogP contribution in [0.4, 0.5) is 0 Å². The van der Waals surface area contributed by atoms with Crippen LogP contribution < -0.4 is 17.0 Å². The summed E-state index contributed by atoms with van der Waals surface area (Å²) in [5, 5.41) is 0. The minimum Gasteiger partial charge on any atom is -1.00 e. The molecule has 0 aromatic carbocycles. The molecule has 0 rings (SSSR count). The molecule has 0 amide bonds. The maximum atomic E-state index is 10.9. The second-order valence-electron chi connectivity index (χ2n) is 3.89. The molecule has 0 saturated carbocycles. The summed E-state index contributed by atoms with van der Waals surface area (Å²) >= 11 is 4.59. The largest absolute Gasteiger partial charge is 1.00 e. The molecular weight excluding hydrogens is 274 g/mol. The van der Waals surface area contributed by atoms with Crippen molar-refractivity contribution in [1.82, 2.24) is 0 Å². The van der Waals surface area contributed by atoms with E-state index in [2.05, 4.69) is 32.3 Å². The van der Waals surface area contributed by atoms with E-state index in [9.17, 15) is 4.21 Å². The van der Waals surface area contributed by atoms with Gasteiger partial charge in [0.25, 0.3) is 0 Å². The highest BCUT2D eigenvalue weighted by atomic mass is 79.9. The first-order chi connectivity index (χ1) is 5.21. The molecule has 0 heterocycles. The number of nitrogens with zero attached hydrogens (tertiary/aromatic N) is 1. The Morgan fingerprint density at radius 3 is 2.15 bits per heavy atom. The summed E-state index contributed by atoms with van der Waals surface area (Å²) in [6.07, 6.45) is 2.33. The molecule has 1 atom stereocenters. The number of hydrogen-bond acceptors (Lipinski definition) is 3. The molecule has 13 heavy (non-hydrogen) atoms. The van der Waals surface area contributed by atoms with Crippen LogP contribution in [0.15, 0.2) is 0 Å². The van der Waals surface area contributed by atoms with Crippen molar-refractivity contribution in [2.45, 2.75) is 6.42 Å². The molecule has 0 aliphatic rings. The molecule has 0 bridgehead atoms. The molecule has 0 radical (unpaired) electrons. The van der Waals surface area contributed by atoms with E-state index in [1.54, 1.807) is 0 Å². The summed E-state index contributed by atoms with van der Waals surface area (Å²) in [6, 6.07) is 0. The van der Waals surface area contributed by atoms with E-state index in [1.807, 2.05) is 0 Å². The van der Waals surface area contributed by atoms with Gasteiger partial charge >= 0.3 is 0 Å². The zero-order chi connectivity index (χ0) is 9.83. The summed E-state index contributed by atoms with van der Waals surface area (Å²) in [7, 11) is 3.91. The van der Waals surface area contributed by atoms with Crippen molar-refractivity contribution in [3.05, 3.63) is 0 Å². The van der Waals surface area contributed by atoms with Gasteiger partial charge in [-0.1, -0.05) is 0 Å². The van der Waals surface area contributed by atoms with Crippen LogP contribution in [-0.2, 0) is 24.1 Å². The minimum absolute atomic E-state index is 0. The van der Waals surface area contributed by atoms with Gasteiger partial charge in [-0.25, -0.2) is 4.21 Å². The lowest BCUT2D eigenvalue weighted by Gasteiger charge is -2.23. The summed E-state index contributed by atoms with van der Waals surface area (Å²) < 4.78 is 16.8. The third-order valence-corrected chi connectivity index (χ3v) is 2.15. The van der Waals surface area contributed by atoms with Gasteiger partial charge in [-0.15, -0.1) is 0 Å². The van der Waals surface area contributed by atoms with Crippen molar-refractivity contribution in [1.29, 1.82) is 0 Å². The molecule has 0 spiro atoms. The van der Waals surface area contributed by atoms with Crippen LogP contribution in [0, 0.1) is 0 Å². The molecular formula is C7H18BrNO2S2. The topological polar surface area (TPSA) is 26.3 Å². The van der Waals surface area contributed by atoms with E-state index in [1.165, 1.54) is 6.26 Å². The lowest BCUT2D eigenvalue weighted by atomic mass is 10.4. The lowest BCUT2D eigenvalue weighted by Crippen LogP contribution is -3.00. The number of rotatable bonds is 5. The smallest absolute Gasteiger partial charge is 0.141 e. The normalized spacial score (nSPS) is 16.0. The molecule has 1 unspecified atom stereocenters. The summed E-state index contributed by atoms with van der Waals surface area (Å²) in [5.74, 6) is 0. The van der Waals surface area contributed by atoms with E-state index in [0.29, 0.717) is 6.61 Å². The first-order valence-electron chi connectivity index (χ1n) is 3.85. The maximum Gasteiger partial charge on any atom is 0.141 e. The van der Waals surface area contributed by atoms with Crippen LogP contribution in [-0.4, -0.2) is 49.2 Å². The zero-order valence-corrected chi connectivity index (χ0v) is 11.8. The summed E-state index contributed by atoms with van der Waals surface area (Å²) in [5.41, 5.74) is 0. The van der Waals surface area contributed by atoms with Gasteiger partial charge < -0.3 is 21.5 Å². The molecule has 0 aromatic heterocycles. The van der Waals surface area contributed by atoms with E-state index in [4.69, 9.17) is 4.18 Å². The van der Waals surface area contributed by atoms with Gasteiger partial charge in [0.05, 0.1) is 34.3 Å². The maximum absolute atomic E-state index is 10.9. The Kier molecular flexibility index (Phi) is 7.84. The quantitative estimate of drug-likeness (QED) is 0.410. The first-order valence-corrected chi connectivity index (χ1v) is 6.67. The van der Waals surface area contributed by atoms with Crippen molar-refractivity contribution in [2.75, 3.05) is 40.6 Å². The monoisotopic (exact) mass is 291 g/mol. The predicted octanol–water partition coefficient (Wildman–Crippen LogP) is -2.61. The van der Waals surface area contributed by atoms with Gasteiger partial charge in [0.2, 0.25) is 0 Å². The highest BCUT2D eigenvalue weighted by Crippen LogP contribution is 1.96.